The Morgan fingerprint density at radius 3 is 1.55 bits per heavy atom. The molecule has 0 bridgehead atoms. The predicted molar refractivity (Wildman–Crippen MR) is 196 cm³/mol. The van der Waals surface area contributed by atoms with E-state index in [4.69, 9.17) is 0 Å². The van der Waals surface area contributed by atoms with Crippen LogP contribution in [-0.2, 0) is 0 Å². The van der Waals surface area contributed by atoms with Gasteiger partial charge in [-0.05, 0) is 73.5 Å². The predicted octanol–water partition coefficient (Wildman–Crippen LogP) is 13.2. The van der Waals surface area contributed by atoms with Gasteiger partial charge in [0, 0.05) is 45.7 Å². The van der Waals surface area contributed by atoms with Gasteiger partial charge >= 0.3 is 0 Å². The SMILES string of the molecule is c1ccc(-c2c3ccccc3c(-c3ccc4sc5c(ccc6c5ccc5sc7ccccc7c56)c4c3)c3ccccc23)cc1. The summed E-state index contributed by atoms with van der Waals surface area (Å²) >= 11 is 3.81. The number of rotatable bonds is 2. The summed E-state index contributed by atoms with van der Waals surface area (Å²) in [6, 6.07) is 54.0. The molecule has 0 saturated carbocycles. The summed E-state index contributed by atoms with van der Waals surface area (Å²) in [6.45, 7) is 0. The summed E-state index contributed by atoms with van der Waals surface area (Å²) in [5, 5.41) is 13.3. The second-order valence-electron chi connectivity index (χ2n) is 11.6. The van der Waals surface area contributed by atoms with Crippen molar-refractivity contribution in [3.8, 4) is 22.3 Å². The third-order valence-corrected chi connectivity index (χ3v) is 11.6. The molecule has 204 valence electrons. The van der Waals surface area contributed by atoms with E-state index >= 15 is 0 Å². The molecule has 0 amide bonds. The van der Waals surface area contributed by atoms with E-state index in [0.29, 0.717) is 0 Å². The van der Waals surface area contributed by atoms with Gasteiger partial charge in [-0.15, -0.1) is 22.7 Å². The van der Waals surface area contributed by atoms with Crippen LogP contribution in [0.1, 0.15) is 0 Å². The van der Waals surface area contributed by atoms with Crippen LogP contribution in [0.4, 0.5) is 0 Å². The van der Waals surface area contributed by atoms with Crippen molar-refractivity contribution in [3.63, 3.8) is 0 Å². The number of thiophene rings is 2. The van der Waals surface area contributed by atoms with Crippen molar-refractivity contribution in [1.82, 2.24) is 0 Å². The first-order valence-electron chi connectivity index (χ1n) is 15.0. The van der Waals surface area contributed by atoms with E-state index in [-0.39, 0.29) is 0 Å². The Morgan fingerprint density at radius 1 is 0.295 bits per heavy atom. The van der Waals surface area contributed by atoms with Gasteiger partial charge in [0.1, 0.15) is 0 Å². The first-order chi connectivity index (χ1) is 21.8. The summed E-state index contributed by atoms with van der Waals surface area (Å²) in [5.41, 5.74) is 5.14. The van der Waals surface area contributed by atoms with Gasteiger partial charge in [0.15, 0.2) is 0 Å². The molecule has 2 heterocycles. The first-order valence-corrected chi connectivity index (χ1v) is 16.7. The Kier molecular flexibility index (Phi) is 5.13. The van der Waals surface area contributed by atoms with E-state index in [1.54, 1.807) is 0 Å². The van der Waals surface area contributed by atoms with Gasteiger partial charge in [-0.25, -0.2) is 0 Å². The van der Waals surface area contributed by atoms with Gasteiger partial charge in [0.05, 0.1) is 0 Å². The lowest BCUT2D eigenvalue weighted by atomic mass is 9.86. The Bertz CT molecular complexity index is 2700. The summed E-state index contributed by atoms with van der Waals surface area (Å²) in [4.78, 5) is 0. The van der Waals surface area contributed by atoms with Crippen molar-refractivity contribution in [1.29, 1.82) is 0 Å². The zero-order valence-electron chi connectivity index (χ0n) is 23.7. The van der Waals surface area contributed by atoms with E-state index in [0.717, 1.165) is 0 Å². The maximum absolute atomic E-state index is 2.44. The maximum Gasteiger partial charge on any atom is 0.0434 e. The third kappa shape index (κ3) is 3.38. The van der Waals surface area contributed by atoms with Gasteiger partial charge < -0.3 is 0 Å². The molecular weight excluding hydrogens is 569 g/mol. The molecule has 0 aliphatic rings. The summed E-state index contributed by atoms with van der Waals surface area (Å²) in [5.74, 6) is 0. The second-order valence-corrected chi connectivity index (χ2v) is 13.7. The van der Waals surface area contributed by atoms with Gasteiger partial charge in [-0.2, -0.15) is 0 Å². The van der Waals surface area contributed by atoms with Crippen LogP contribution in [0.2, 0.25) is 0 Å². The monoisotopic (exact) mass is 592 g/mol. The highest BCUT2D eigenvalue weighted by atomic mass is 32.1. The molecule has 2 heteroatoms. The Hall–Kier alpha value is -5.02. The molecule has 10 rings (SSSR count). The summed E-state index contributed by atoms with van der Waals surface area (Å²) < 4.78 is 5.43. The van der Waals surface area contributed by atoms with Crippen LogP contribution in [0.3, 0.4) is 0 Å². The second kappa shape index (κ2) is 9.24. The summed E-state index contributed by atoms with van der Waals surface area (Å²) in [7, 11) is 0. The highest BCUT2D eigenvalue weighted by Gasteiger charge is 2.18. The topological polar surface area (TPSA) is 0 Å². The molecule has 0 N–H and O–H groups in total. The van der Waals surface area contributed by atoms with Crippen molar-refractivity contribution in [2.75, 3.05) is 0 Å². The zero-order valence-corrected chi connectivity index (χ0v) is 25.3. The molecule has 0 nitrogen and oxygen atoms in total. The number of benzene rings is 8. The largest absolute Gasteiger partial charge is 0.135 e. The molecule has 0 saturated heterocycles. The first kappa shape index (κ1) is 24.4. The molecule has 0 fully saturated rings. The van der Waals surface area contributed by atoms with E-state index < -0.39 is 0 Å². The van der Waals surface area contributed by atoms with E-state index in [2.05, 4.69) is 146 Å². The van der Waals surface area contributed by atoms with Crippen LogP contribution < -0.4 is 0 Å². The Balaban J connectivity index is 1.27. The van der Waals surface area contributed by atoms with Crippen molar-refractivity contribution < 1.29 is 0 Å². The molecule has 2 aromatic heterocycles. The van der Waals surface area contributed by atoms with Crippen molar-refractivity contribution in [3.05, 3.63) is 146 Å². The molecule has 44 heavy (non-hydrogen) atoms. The Labute approximate surface area is 262 Å². The lowest BCUT2D eigenvalue weighted by molar-refractivity contribution is 1.66. The number of hydrogen-bond donors (Lipinski definition) is 0. The minimum Gasteiger partial charge on any atom is -0.135 e. The standard InChI is InChI=1S/C42H24S2/c1-2-10-25(11-3-1)39-27-12-4-6-14-29(27)40(30-15-7-5-13-28(30)39)26-18-22-37-35(24-26)33-20-19-31-32(42(33)44-37)21-23-38-41(31)34-16-8-9-17-36(34)43-38/h1-24H. The van der Waals surface area contributed by atoms with Crippen LogP contribution in [0, 0.1) is 0 Å². The highest BCUT2D eigenvalue weighted by molar-refractivity contribution is 7.27. The quantitative estimate of drug-likeness (QED) is 0.175. The minimum absolute atomic E-state index is 1.25. The molecule has 0 radical (unpaired) electrons. The average molecular weight is 593 g/mol. The average Bonchev–Trinajstić information content (AvgIpc) is 3.66. The van der Waals surface area contributed by atoms with Gasteiger partial charge in [-0.1, -0.05) is 121 Å². The van der Waals surface area contributed by atoms with Gasteiger partial charge in [-0.3, -0.25) is 0 Å². The Morgan fingerprint density at radius 2 is 0.818 bits per heavy atom. The van der Waals surface area contributed by atoms with Crippen LogP contribution in [0.25, 0.3) is 94.9 Å². The lowest BCUT2D eigenvalue weighted by Crippen LogP contribution is -1.90. The van der Waals surface area contributed by atoms with Crippen LogP contribution in [-0.4, -0.2) is 0 Å². The van der Waals surface area contributed by atoms with Gasteiger partial charge in [0.25, 0.3) is 0 Å². The fourth-order valence-electron chi connectivity index (χ4n) is 7.37. The molecule has 0 unspecified atom stereocenters. The zero-order chi connectivity index (χ0) is 28.8. The number of fused-ring (bicyclic) bond motifs is 11. The highest BCUT2D eigenvalue weighted by Crippen LogP contribution is 2.47. The normalized spacial score (nSPS) is 12.1. The van der Waals surface area contributed by atoms with Crippen LogP contribution >= 0.6 is 22.7 Å². The molecular formula is C42H24S2. The van der Waals surface area contributed by atoms with Crippen LogP contribution in [0.5, 0.6) is 0 Å². The van der Waals surface area contributed by atoms with E-state index in [9.17, 15) is 0 Å². The molecule has 10 aromatic rings. The van der Waals surface area contributed by atoms with Crippen molar-refractivity contribution in [2.24, 2.45) is 0 Å². The van der Waals surface area contributed by atoms with E-state index in [1.165, 1.54) is 94.9 Å². The van der Waals surface area contributed by atoms with Crippen LogP contribution in [0.15, 0.2) is 146 Å². The number of hydrogen-bond acceptors (Lipinski definition) is 2. The molecule has 0 spiro atoms. The molecule has 8 aromatic carbocycles. The fourth-order valence-corrected chi connectivity index (χ4v) is 9.71. The molecule has 0 aliphatic carbocycles. The van der Waals surface area contributed by atoms with E-state index in [1.807, 2.05) is 22.7 Å². The molecule has 0 aliphatic heterocycles. The van der Waals surface area contributed by atoms with Crippen molar-refractivity contribution >= 4 is 95.3 Å². The minimum atomic E-state index is 1.25. The third-order valence-electron chi connectivity index (χ3n) is 9.25. The lowest BCUT2D eigenvalue weighted by Gasteiger charge is -2.17. The maximum atomic E-state index is 2.44. The van der Waals surface area contributed by atoms with Crippen molar-refractivity contribution in [2.45, 2.75) is 0 Å². The smallest absolute Gasteiger partial charge is 0.0434 e. The van der Waals surface area contributed by atoms with Gasteiger partial charge in [0.2, 0.25) is 0 Å². The summed E-state index contributed by atoms with van der Waals surface area (Å²) in [6.07, 6.45) is 0. The fraction of sp³-hybridized carbons (Fsp3) is 0. The molecule has 0 atom stereocenters.